The monoisotopic (exact) mass is 295 g/mol. The van der Waals surface area contributed by atoms with Gasteiger partial charge in [-0.05, 0) is 50.5 Å². The molecule has 1 aromatic carbocycles. The molecule has 2 rings (SSSR count). The van der Waals surface area contributed by atoms with Gasteiger partial charge in [-0.2, -0.15) is 0 Å². The summed E-state index contributed by atoms with van der Waals surface area (Å²) in [5.41, 5.74) is 7.46. The number of nitrogen functional groups attached to an aromatic ring is 1. The second-order valence-electron chi connectivity index (χ2n) is 4.31. The first-order valence-corrected chi connectivity index (χ1v) is 6.19. The maximum absolute atomic E-state index is 5.85. The first kappa shape index (κ1) is 12.0. The van der Waals surface area contributed by atoms with E-state index in [1.165, 1.54) is 0 Å². The second kappa shape index (κ2) is 4.83. The van der Waals surface area contributed by atoms with E-state index in [1.807, 2.05) is 18.2 Å². The van der Waals surface area contributed by atoms with E-state index < -0.39 is 0 Å². The summed E-state index contributed by atoms with van der Waals surface area (Å²) < 4.78 is 2.68. The first-order valence-electron chi connectivity index (χ1n) is 5.39. The highest BCUT2D eigenvalue weighted by molar-refractivity contribution is 9.10. The number of benzene rings is 1. The third kappa shape index (κ3) is 2.63. The molecule has 0 unspecified atom stereocenters. The lowest BCUT2D eigenvalue weighted by Gasteiger charge is -2.07. The molecule has 0 aliphatic carbocycles. The molecule has 0 aliphatic heterocycles. The van der Waals surface area contributed by atoms with Crippen molar-refractivity contribution in [1.29, 1.82) is 0 Å². The van der Waals surface area contributed by atoms with Crippen molar-refractivity contribution >= 4 is 21.6 Å². The molecule has 0 atom stereocenters. The van der Waals surface area contributed by atoms with Crippen LogP contribution in [0.3, 0.4) is 0 Å². The molecule has 0 fully saturated rings. The summed E-state index contributed by atoms with van der Waals surface area (Å²) in [6.45, 7) is 5.04. The van der Waals surface area contributed by atoms with Crippen LogP contribution >= 0.6 is 15.9 Å². The van der Waals surface area contributed by atoms with Gasteiger partial charge in [0.15, 0.2) is 5.82 Å². The standard InChI is InChI=1S/C11H14BrN5/c1-7(2)6-17-11(14-15-16-17)8-3-4-9(12)10(13)5-8/h3-5,7H,6,13H2,1-2H3. The van der Waals surface area contributed by atoms with Crippen molar-refractivity contribution in [3.63, 3.8) is 0 Å². The fraction of sp³-hybridized carbons (Fsp3) is 0.364. The van der Waals surface area contributed by atoms with Gasteiger partial charge in [-0.1, -0.05) is 13.8 Å². The Kier molecular flexibility index (Phi) is 3.42. The maximum atomic E-state index is 5.85. The number of anilines is 1. The molecule has 0 bridgehead atoms. The molecule has 6 heteroatoms. The zero-order chi connectivity index (χ0) is 12.4. The van der Waals surface area contributed by atoms with Gasteiger partial charge >= 0.3 is 0 Å². The van der Waals surface area contributed by atoms with Gasteiger partial charge in [-0.3, -0.25) is 0 Å². The lowest BCUT2D eigenvalue weighted by molar-refractivity contribution is 0.475. The molecule has 1 heterocycles. The maximum Gasteiger partial charge on any atom is 0.182 e. The van der Waals surface area contributed by atoms with Crippen LogP contribution in [0.2, 0.25) is 0 Å². The van der Waals surface area contributed by atoms with Crippen LogP contribution in [-0.4, -0.2) is 20.2 Å². The zero-order valence-electron chi connectivity index (χ0n) is 9.76. The third-order valence-corrected chi connectivity index (χ3v) is 3.05. The molecule has 90 valence electrons. The van der Waals surface area contributed by atoms with Gasteiger partial charge < -0.3 is 5.73 Å². The topological polar surface area (TPSA) is 69.6 Å². The summed E-state index contributed by atoms with van der Waals surface area (Å²) in [5, 5.41) is 11.7. The molecule has 0 saturated heterocycles. The highest BCUT2D eigenvalue weighted by Crippen LogP contribution is 2.25. The van der Waals surface area contributed by atoms with E-state index in [4.69, 9.17) is 5.73 Å². The molecule has 0 amide bonds. The Morgan fingerprint density at radius 1 is 1.41 bits per heavy atom. The Balaban J connectivity index is 2.39. The van der Waals surface area contributed by atoms with Crippen LogP contribution < -0.4 is 5.73 Å². The molecular formula is C11H14BrN5. The predicted octanol–water partition coefficient (Wildman–Crippen LogP) is 2.34. The quantitative estimate of drug-likeness (QED) is 0.883. The normalized spacial score (nSPS) is 11.1. The van der Waals surface area contributed by atoms with Gasteiger partial charge in [0.1, 0.15) is 0 Å². The number of halogens is 1. The van der Waals surface area contributed by atoms with Crippen molar-refractivity contribution in [1.82, 2.24) is 20.2 Å². The van der Waals surface area contributed by atoms with E-state index >= 15 is 0 Å². The zero-order valence-corrected chi connectivity index (χ0v) is 11.3. The Morgan fingerprint density at radius 2 is 2.18 bits per heavy atom. The van der Waals surface area contributed by atoms with Crippen LogP contribution in [0.4, 0.5) is 5.69 Å². The van der Waals surface area contributed by atoms with Crippen LogP contribution in [0.5, 0.6) is 0 Å². The van der Waals surface area contributed by atoms with Crippen molar-refractivity contribution in [3.8, 4) is 11.4 Å². The van der Waals surface area contributed by atoms with Crippen molar-refractivity contribution in [3.05, 3.63) is 22.7 Å². The Bertz CT molecular complexity index is 520. The first-order chi connectivity index (χ1) is 8.08. The largest absolute Gasteiger partial charge is 0.398 e. The molecule has 2 N–H and O–H groups in total. The minimum Gasteiger partial charge on any atom is -0.398 e. The van der Waals surface area contributed by atoms with Gasteiger partial charge in [-0.25, -0.2) is 4.68 Å². The summed E-state index contributed by atoms with van der Waals surface area (Å²) in [4.78, 5) is 0. The number of hydrogen-bond donors (Lipinski definition) is 1. The van der Waals surface area contributed by atoms with Crippen molar-refractivity contribution in [2.45, 2.75) is 20.4 Å². The van der Waals surface area contributed by atoms with Crippen molar-refractivity contribution in [2.24, 2.45) is 5.92 Å². The minimum absolute atomic E-state index is 0.491. The smallest absolute Gasteiger partial charge is 0.182 e. The van der Waals surface area contributed by atoms with Gasteiger partial charge in [0, 0.05) is 22.3 Å². The molecular weight excluding hydrogens is 282 g/mol. The lowest BCUT2D eigenvalue weighted by Crippen LogP contribution is -2.08. The second-order valence-corrected chi connectivity index (χ2v) is 5.17. The predicted molar refractivity (Wildman–Crippen MR) is 70.2 cm³/mol. The summed E-state index contributed by atoms with van der Waals surface area (Å²) in [6.07, 6.45) is 0. The van der Waals surface area contributed by atoms with E-state index in [2.05, 4.69) is 45.3 Å². The van der Waals surface area contributed by atoms with E-state index in [0.29, 0.717) is 11.6 Å². The Hall–Kier alpha value is -1.43. The van der Waals surface area contributed by atoms with Crippen molar-refractivity contribution in [2.75, 3.05) is 5.73 Å². The number of tetrazole rings is 1. The summed E-state index contributed by atoms with van der Waals surface area (Å²) in [6, 6.07) is 5.72. The molecule has 0 saturated carbocycles. The van der Waals surface area contributed by atoms with Crippen LogP contribution in [0.1, 0.15) is 13.8 Å². The average molecular weight is 296 g/mol. The van der Waals surface area contributed by atoms with Gasteiger partial charge in [0.2, 0.25) is 0 Å². The molecule has 0 spiro atoms. The third-order valence-electron chi connectivity index (χ3n) is 2.32. The number of rotatable bonds is 3. The fourth-order valence-electron chi connectivity index (χ4n) is 1.56. The molecule has 0 radical (unpaired) electrons. The highest BCUT2D eigenvalue weighted by Gasteiger charge is 2.10. The highest BCUT2D eigenvalue weighted by atomic mass is 79.9. The van der Waals surface area contributed by atoms with E-state index in [0.717, 1.165) is 22.4 Å². The summed E-state index contributed by atoms with van der Waals surface area (Å²) in [7, 11) is 0. The fourth-order valence-corrected chi connectivity index (χ4v) is 1.81. The van der Waals surface area contributed by atoms with Crippen molar-refractivity contribution < 1.29 is 0 Å². The van der Waals surface area contributed by atoms with Gasteiger partial charge in [0.05, 0.1) is 0 Å². The van der Waals surface area contributed by atoms with Crippen LogP contribution in [0, 0.1) is 5.92 Å². The van der Waals surface area contributed by atoms with Crippen LogP contribution in [0.15, 0.2) is 22.7 Å². The minimum atomic E-state index is 0.491. The Morgan fingerprint density at radius 3 is 2.82 bits per heavy atom. The number of aromatic nitrogens is 4. The average Bonchev–Trinajstić information content (AvgIpc) is 2.69. The molecule has 1 aromatic heterocycles. The SMILES string of the molecule is CC(C)Cn1nnnc1-c1ccc(Br)c(N)c1. The number of hydrogen-bond acceptors (Lipinski definition) is 4. The van der Waals surface area contributed by atoms with E-state index in [1.54, 1.807) is 4.68 Å². The Labute approximate surface area is 108 Å². The molecule has 17 heavy (non-hydrogen) atoms. The molecule has 0 aliphatic rings. The molecule has 2 aromatic rings. The summed E-state index contributed by atoms with van der Waals surface area (Å²) >= 11 is 3.37. The summed E-state index contributed by atoms with van der Waals surface area (Å²) in [5.74, 6) is 1.24. The van der Waals surface area contributed by atoms with E-state index in [-0.39, 0.29) is 0 Å². The number of nitrogens with two attached hydrogens (primary N) is 1. The van der Waals surface area contributed by atoms with Crippen LogP contribution in [0.25, 0.3) is 11.4 Å². The van der Waals surface area contributed by atoms with Gasteiger partial charge in [-0.15, -0.1) is 5.10 Å². The molecule has 5 nitrogen and oxygen atoms in total. The number of nitrogens with zero attached hydrogens (tertiary/aromatic N) is 4. The lowest BCUT2D eigenvalue weighted by atomic mass is 10.2. The van der Waals surface area contributed by atoms with E-state index in [9.17, 15) is 0 Å². The van der Waals surface area contributed by atoms with Crippen LogP contribution in [-0.2, 0) is 6.54 Å². The van der Waals surface area contributed by atoms with Gasteiger partial charge in [0.25, 0.3) is 0 Å².